The number of aryl methyl sites for hydroxylation is 1. The zero-order valence-corrected chi connectivity index (χ0v) is 11.8. The van der Waals surface area contributed by atoms with Gasteiger partial charge in [0.2, 0.25) is 0 Å². The van der Waals surface area contributed by atoms with Crippen LogP contribution in [0.15, 0.2) is 18.3 Å². The highest BCUT2D eigenvalue weighted by Crippen LogP contribution is 2.30. The molecule has 4 nitrogen and oxygen atoms in total. The van der Waals surface area contributed by atoms with Gasteiger partial charge in [0, 0.05) is 6.20 Å². The van der Waals surface area contributed by atoms with E-state index in [-0.39, 0.29) is 24.0 Å². The maximum Gasteiger partial charge on any atom is 0.323 e. The van der Waals surface area contributed by atoms with Crippen LogP contribution < -0.4 is 5.32 Å². The molecule has 0 amide bonds. The van der Waals surface area contributed by atoms with Gasteiger partial charge >= 0.3 is 5.97 Å². The Balaban J connectivity index is 2.13. The fourth-order valence-corrected chi connectivity index (χ4v) is 2.62. The SMILES string of the molecule is CCC(C)C(NC1CCc2cccnc21)C(=O)OC. The molecule has 0 saturated heterocycles. The van der Waals surface area contributed by atoms with Gasteiger partial charge in [-0.25, -0.2) is 0 Å². The van der Waals surface area contributed by atoms with Crippen molar-refractivity contribution in [2.45, 2.75) is 45.2 Å². The summed E-state index contributed by atoms with van der Waals surface area (Å²) in [6.07, 6.45) is 4.77. The van der Waals surface area contributed by atoms with Crippen molar-refractivity contribution in [3.63, 3.8) is 0 Å². The highest BCUT2D eigenvalue weighted by molar-refractivity contribution is 5.76. The molecule has 0 saturated carbocycles. The molecule has 4 heteroatoms. The first-order chi connectivity index (χ1) is 9.17. The Hall–Kier alpha value is -1.42. The molecular formula is C15H22N2O2. The quantitative estimate of drug-likeness (QED) is 0.827. The lowest BCUT2D eigenvalue weighted by molar-refractivity contribution is -0.144. The monoisotopic (exact) mass is 262 g/mol. The van der Waals surface area contributed by atoms with E-state index in [0.29, 0.717) is 0 Å². The van der Waals surface area contributed by atoms with Gasteiger partial charge in [-0.3, -0.25) is 15.1 Å². The topological polar surface area (TPSA) is 51.2 Å². The van der Waals surface area contributed by atoms with Crippen molar-refractivity contribution < 1.29 is 9.53 Å². The first-order valence-corrected chi connectivity index (χ1v) is 6.95. The lowest BCUT2D eigenvalue weighted by Gasteiger charge is -2.25. The third-order valence-corrected chi connectivity index (χ3v) is 4.01. The average Bonchev–Trinajstić information content (AvgIpc) is 2.86. The Bertz CT molecular complexity index is 448. The largest absolute Gasteiger partial charge is 0.468 e. The molecule has 1 N–H and O–H groups in total. The number of aromatic nitrogens is 1. The number of nitrogens with zero attached hydrogens (tertiary/aromatic N) is 1. The molecule has 1 aromatic heterocycles. The van der Waals surface area contributed by atoms with Crippen LogP contribution in [-0.4, -0.2) is 24.1 Å². The van der Waals surface area contributed by atoms with Gasteiger partial charge in [0.25, 0.3) is 0 Å². The predicted octanol–water partition coefficient (Wildman–Crippen LogP) is 2.25. The molecule has 104 valence electrons. The normalized spacial score (nSPS) is 20.7. The van der Waals surface area contributed by atoms with Crippen molar-refractivity contribution in [1.82, 2.24) is 10.3 Å². The summed E-state index contributed by atoms with van der Waals surface area (Å²) in [4.78, 5) is 16.4. The summed E-state index contributed by atoms with van der Waals surface area (Å²) in [6, 6.07) is 3.98. The van der Waals surface area contributed by atoms with E-state index in [1.165, 1.54) is 12.7 Å². The molecule has 3 unspecified atom stereocenters. The van der Waals surface area contributed by atoms with Gasteiger partial charge < -0.3 is 4.74 Å². The molecule has 0 aliphatic heterocycles. The number of carbonyl (C=O) groups is 1. The standard InChI is InChI=1S/C15H22N2O2/c1-4-10(2)13(15(18)19-3)17-12-8-7-11-6-5-9-16-14(11)12/h5-6,9-10,12-13,17H,4,7-8H2,1-3H3. The minimum Gasteiger partial charge on any atom is -0.468 e. The summed E-state index contributed by atoms with van der Waals surface area (Å²) in [6.45, 7) is 4.16. The average molecular weight is 262 g/mol. The van der Waals surface area contributed by atoms with Crippen molar-refractivity contribution in [2.24, 2.45) is 5.92 Å². The van der Waals surface area contributed by atoms with Crippen LogP contribution in [-0.2, 0) is 16.0 Å². The van der Waals surface area contributed by atoms with E-state index in [9.17, 15) is 4.79 Å². The van der Waals surface area contributed by atoms with Crippen LogP contribution in [0.3, 0.4) is 0 Å². The van der Waals surface area contributed by atoms with Crippen LogP contribution in [0.5, 0.6) is 0 Å². The Labute approximate surface area is 114 Å². The van der Waals surface area contributed by atoms with Crippen LogP contribution in [0.4, 0.5) is 0 Å². The summed E-state index contributed by atoms with van der Waals surface area (Å²) in [5.74, 6) is 0.0685. The fourth-order valence-electron chi connectivity index (χ4n) is 2.62. The highest BCUT2D eigenvalue weighted by atomic mass is 16.5. The van der Waals surface area contributed by atoms with Crippen molar-refractivity contribution in [3.8, 4) is 0 Å². The second-order valence-corrected chi connectivity index (χ2v) is 5.19. The second-order valence-electron chi connectivity index (χ2n) is 5.19. The third-order valence-electron chi connectivity index (χ3n) is 4.01. The van der Waals surface area contributed by atoms with Gasteiger partial charge in [0.05, 0.1) is 18.8 Å². The Morgan fingerprint density at radius 1 is 1.63 bits per heavy atom. The number of ether oxygens (including phenoxy) is 1. The van der Waals surface area contributed by atoms with E-state index >= 15 is 0 Å². The van der Waals surface area contributed by atoms with Crippen LogP contribution in [0, 0.1) is 5.92 Å². The predicted molar refractivity (Wildman–Crippen MR) is 73.7 cm³/mol. The zero-order chi connectivity index (χ0) is 13.8. The lowest BCUT2D eigenvalue weighted by Crippen LogP contribution is -2.44. The smallest absolute Gasteiger partial charge is 0.323 e. The molecule has 0 spiro atoms. The summed E-state index contributed by atoms with van der Waals surface area (Å²) in [5, 5.41) is 3.44. The number of pyridine rings is 1. The molecule has 0 fully saturated rings. The van der Waals surface area contributed by atoms with E-state index in [4.69, 9.17) is 4.74 Å². The zero-order valence-electron chi connectivity index (χ0n) is 11.8. The minimum atomic E-state index is -0.257. The molecule has 19 heavy (non-hydrogen) atoms. The van der Waals surface area contributed by atoms with Crippen LogP contribution in [0.2, 0.25) is 0 Å². The third kappa shape index (κ3) is 2.95. The van der Waals surface area contributed by atoms with E-state index in [1.54, 1.807) is 0 Å². The Morgan fingerprint density at radius 2 is 2.42 bits per heavy atom. The maximum absolute atomic E-state index is 11.9. The number of carbonyl (C=O) groups excluding carboxylic acids is 1. The molecule has 0 radical (unpaired) electrons. The van der Waals surface area contributed by atoms with E-state index < -0.39 is 0 Å². The van der Waals surface area contributed by atoms with Gasteiger partial charge in [0.15, 0.2) is 0 Å². The van der Waals surface area contributed by atoms with Gasteiger partial charge in [-0.2, -0.15) is 0 Å². The van der Waals surface area contributed by atoms with Crippen molar-refractivity contribution in [1.29, 1.82) is 0 Å². The maximum atomic E-state index is 11.9. The van der Waals surface area contributed by atoms with Crippen LogP contribution in [0.1, 0.15) is 44.0 Å². The highest BCUT2D eigenvalue weighted by Gasteiger charge is 2.31. The minimum absolute atomic E-state index is 0.161. The van der Waals surface area contributed by atoms with Gasteiger partial charge in [-0.15, -0.1) is 0 Å². The molecular weight excluding hydrogens is 240 g/mol. The van der Waals surface area contributed by atoms with E-state index in [2.05, 4.69) is 30.2 Å². The Morgan fingerprint density at radius 3 is 3.11 bits per heavy atom. The molecule has 3 atom stereocenters. The number of fused-ring (bicyclic) bond motifs is 1. The van der Waals surface area contributed by atoms with Crippen LogP contribution in [0.25, 0.3) is 0 Å². The van der Waals surface area contributed by atoms with Crippen molar-refractivity contribution >= 4 is 5.97 Å². The fraction of sp³-hybridized carbons (Fsp3) is 0.600. The first-order valence-electron chi connectivity index (χ1n) is 6.95. The number of hydrogen-bond donors (Lipinski definition) is 1. The molecule has 2 rings (SSSR count). The number of methoxy groups -OCH3 is 1. The number of nitrogens with one attached hydrogen (secondary N) is 1. The van der Waals surface area contributed by atoms with Gasteiger partial charge in [-0.05, 0) is 30.4 Å². The molecule has 1 aromatic rings. The van der Waals surface area contributed by atoms with Gasteiger partial charge in [-0.1, -0.05) is 26.3 Å². The molecule has 1 aliphatic rings. The van der Waals surface area contributed by atoms with Crippen molar-refractivity contribution in [3.05, 3.63) is 29.6 Å². The second kappa shape index (κ2) is 6.15. The van der Waals surface area contributed by atoms with E-state index in [1.807, 2.05) is 12.3 Å². The molecule has 1 heterocycles. The molecule has 1 aliphatic carbocycles. The van der Waals surface area contributed by atoms with Gasteiger partial charge in [0.1, 0.15) is 6.04 Å². The summed E-state index contributed by atoms with van der Waals surface area (Å²) >= 11 is 0. The molecule has 0 aromatic carbocycles. The van der Waals surface area contributed by atoms with E-state index in [0.717, 1.165) is 25.0 Å². The number of rotatable bonds is 5. The molecule has 0 bridgehead atoms. The van der Waals surface area contributed by atoms with Crippen LogP contribution >= 0.6 is 0 Å². The summed E-state index contributed by atoms with van der Waals surface area (Å²) in [5.41, 5.74) is 2.37. The van der Waals surface area contributed by atoms with Crippen molar-refractivity contribution in [2.75, 3.05) is 7.11 Å². The summed E-state index contributed by atoms with van der Waals surface area (Å²) in [7, 11) is 1.44. The lowest BCUT2D eigenvalue weighted by atomic mass is 9.98. The number of esters is 1. The summed E-state index contributed by atoms with van der Waals surface area (Å²) < 4.78 is 4.91. The Kier molecular flexibility index (Phi) is 4.53. The first kappa shape index (κ1) is 14.0. The number of hydrogen-bond acceptors (Lipinski definition) is 4.